The first-order valence-electron chi connectivity index (χ1n) is 11.9. The molecule has 0 saturated carbocycles. The maximum atomic E-state index is 12.7. The monoisotopic (exact) mass is 485 g/mol. The van der Waals surface area contributed by atoms with Crippen molar-refractivity contribution in [2.24, 2.45) is 0 Å². The van der Waals surface area contributed by atoms with Gasteiger partial charge in [0.25, 0.3) is 5.89 Å². The van der Waals surface area contributed by atoms with Crippen molar-refractivity contribution in [2.75, 3.05) is 42.9 Å². The van der Waals surface area contributed by atoms with Crippen LogP contribution in [-0.4, -0.2) is 58.3 Å². The zero-order chi connectivity index (χ0) is 25.1. The lowest BCUT2D eigenvalue weighted by Gasteiger charge is -2.34. The number of aryl methyl sites for hydroxylation is 1. The molecule has 1 saturated heterocycles. The minimum atomic E-state index is -0.0404. The van der Waals surface area contributed by atoms with Crippen LogP contribution in [0.3, 0.4) is 0 Å². The minimum Gasteiger partial charge on any atom is -0.459 e. The number of amides is 1. The summed E-state index contributed by atoms with van der Waals surface area (Å²) in [6, 6.07) is 15.5. The van der Waals surface area contributed by atoms with Gasteiger partial charge in [0.2, 0.25) is 17.5 Å². The molecule has 0 unspecified atom stereocenters. The summed E-state index contributed by atoms with van der Waals surface area (Å²) in [6.45, 7) is 7.34. The number of nitriles is 1. The number of hydrogen-bond donors (Lipinski definition) is 1. The largest absolute Gasteiger partial charge is 0.459 e. The quantitative estimate of drug-likeness (QED) is 0.421. The number of benzene rings is 1. The van der Waals surface area contributed by atoms with Crippen LogP contribution in [0.15, 0.2) is 57.6 Å². The van der Waals surface area contributed by atoms with Gasteiger partial charge in [0.1, 0.15) is 6.07 Å². The third-order valence-electron chi connectivity index (χ3n) is 6.32. The molecule has 1 amide bonds. The molecule has 5 rings (SSSR count). The number of furan rings is 1. The number of piperazine rings is 1. The van der Waals surface area contributed by atoms with E-state index in [2.05, 4.69) is 26.4 Å². The number of rotatable bonds is 7. The summed E-state index contributed by atoms with van der Waals surface area (Å²) in [5, 5.41) is 17.1. The predicted octanol–water partition coefficient (Wildman–Crippen LogP) is 3.76. The fraction of sp³-hybridized carbons (Fsp3) is 0.308. The SMILES string of the molecule is Cc1nn(-c2ccccc2)c(C)c1NC(=O)CCN1CCN(c2oc(-c3ccco3)nc2C#N)CC1. The van der Waals surface area contributed by atoms with Gasteiger partial charge in [-0.25, -0.2) is 4.68 Å². The fourth-order valence-electron chi connectivity index (χ4n) is 4.39. The number of carbonyl (C=O) groups is 1. The van der Waals surface area contributed by atoms with Gasteiger partial charge >= 0.3 is 0 Å². The van der Waals surface area contributed by atoms with Gasteiger partial charge in [-0.3, -0.25) is 9.69 Å². The summed E-state index contributed by atoms with van der Waals surface area (Å²) in [6.07, 6.45) is 1.92. The first-order valence-corrected chi connectivity index (χ1v) is 11.9. The van der Waals surface area contributed by atoms with E-state index in [1.807, 2.05) is 53.8 Å². The van der Waals surface area contributed by atoms with Crippen LogP contribution in [0.1, 0.15) is 23.5 Å². The van der Waals surface area contributed by atoms with Crippen molar-refractivity contribution >= 4 is 17.5 Å². The maximum Gasteiger partial charge on any atom is 0.266 e. The Labute approximate surface area is 208 Å². The van der Waals surface area contributed by atoms with Crippen molar-refractivity contribution in [3.8, 4) is 23.4 Å². The topological polar surface area (TPSA) is 116 Å². The predicted molar refractivity (Wildman–Crippen MR) is 134 cm³/mol. The lowest BCUT2D eigenvalue weighted by molar-refractivity contribution is -0.116. The Morgan fingerprint density at radius 3 is 2.58 bits per heavy atom. The van der Waals surface area contributed by atoms with E-state index in [0.717, 1.165) is 35.9 Å². The number of aromatic nitrogens is 3. The van der Waals surface area contributed by atoms with E-state index in [0.29, 0.717) is 43.6 Å². The molecule has 1 aliphatic rings. The van der Waals surface area contributed by atoms with Crippen LogP contribution in [0.5, 0.6) is 0 Å². The first kappa shape index (κ1) is 23.4. The van der Waals surface area contributed by atoms with Crippen LogP contribution in [0.4, 0.5) is 11.6 Å². The Morgan fingerprint density at radius 1 is 1.11 bits per heavy atom. The van der Waals surface area contributed by atoms with Gasteiger partial charge in [-0.15, -0.1) is 0 Å². The minimum absolute atomic E-state index is 0.0404. The average Bonchev–Trinajstić information content (AvgIpc) is 3.65. The van der Waals surface area contributed by atoms with Gasteiger partial charge in [-0.05, 0) is 38.1 Å². The molecule has 4 heterocycles. The molecule has 1 N–H and O–H groups in total. The molecule has 3 aromatic heterocycles. The van der Waals surface area contributed by atoms with Gasteiger partial charge in [0.05, 0.1) is 29.0 Å². The van der Waals surface area contributed by atoms with E-state index in [-0.39, 0.29) is 11.6 Å². The molecule has 10 heteroatoms. The highest BCUT2D eigenvalue weighted by molar-refractivity contribution is 5.92. The highest BCUT2D eigenvalue weighted by atomic mass is 16.4. The van der Waals surface area contributed by atoms with Crippen molar-refractivity contribution in [2.45, 2.75) is 20.3 Å². The molecule has 0 atom stereocenters. The number of carbonyl (C=O) groups excluding carboxylic acids is 1. The lowest BCUT2D eigenvalue weighted by Crippen LogP contribution is -2.47. The van der Waals surface area contributed by atoms with Crippen LogP contribution in [0, 0.1) is 25.2 Å². The van der Waals surface area contributed by atoms with Gasteiger partial charge in [0, 0.05) is 39.1 Å². The van der Waals surface area contributed by atoms with E-state index >= 15 is 0 Å². The van der Waals surface area contributed by atoms with Gasteiger partial charge in [0.15, 0.2) is 5.76 Å². The number of anilines is 2. The molecule has 4 aromatic rings. The van der Waals surface area contributed by atoms with Crippen LogP contribution in [-0.2, 0) is 4.79 Å². The molecule has 0 aliphatic carbocycles. The van der Waals surface area contributed by atoms with Crippen LogP contribution >= 0.6 is 0 Å². The zero-order valence-corrected chi connectivity index (χ0v) is 20.3. The normalized spacial score (nSPS) is 14.1. The smallest absolute Gasteiger partial charge is 0.266 e. The number of nitrogens with one attached hydrogen (secondary N) is 1. The average molecular weight is 486 g/mol. The zero-order valence-electron chi connectivity index (χ0n) is 20.3. The molecule has 0 bridgehead atoms. The van der Waals surface area contributed by atoms with Crippen molar-refractivity contribution in [1.29, 1.82) is 5.26 Å². The van der Waals surface area contributed by atoms with Crippen molar-refractivity contribution in [3.63, 3.8) is 0 Å². The molecule has 184 valence electrons. The van der Waals surface area contributed by atoms with E-state index in [1.165, 1.54) is 6.26 Å². The molecule has 1 aromatic carbocycles. The summed E-state index contributed by atoms with van der Waals surface area (Å²) in [7, 11) is 0. The maximum absolute atomic E-state index is 12.7. The Hall–Kier alpha value is -4.36. The number of para-hydroxylation sites is 1. The van der Waals surface area contributed by atoms with Crippen molar-refractivity contribution in [3.05, 3.63) is 65.8 Å². The fourth-order valence-corrected chi connectivity index (χ4v) is 4.39. The molecule has 0 spiro atoms. The van der Waals surface area contributed by atoms with Gasteiger partial charge in [-0.2, -0.15) is 15.3 Å². The molecule has 1 aliphatic heterocycles. The summed E-state index contributed by atoms with van der Waals surface area (Å²) in [5.74, 6) is 1.21. The van der Waals surface area contributed by atoms with Gasteiger partial charge < -0.3 is 19.1 Å². The second-order valence-corrected chi connectivity index (χ2v) is 8.68. The Morgan fingerprint density at radius 2 is 1.89 bits per heavy atom. The first-order chi connectivity index (χ1) is 17.5. The van der Waals surface area contributed by atoms with Crippen LogP contribution < -0.4 is 10.2 Å². The Balaban J connectivity index is 1.15. The van der Waals surface area contributed by atoms with Crippen LogP contribution in [0.25, 0.3) is 17.3 Å². The Kier molecular flexibility index (Phi) is 6.56. The molecule has 1 fully saturated rings. The third kappa shape index (κ3) is 4.74. The molecule has 10 nitrogen and oxygen atoms in total. The van der Waals surface area contributed by atoms with E-state index in [1.54, 1.807) is 12.1 Å². The van der Waals surface area contributed by atoms with Crippen molar-refractivity contribution in [1.82, 2.24) is 19.7 Å². The summed E-state index contributed by atoms with van der Waals surface area (Å²) < 4.78 is 13.0. The van der Waals surface area contributed by atoms with Gasteiger partial charge in [-0.1, -0.05) is 18.2 Å². The second-order valence-electron chi connectivity index (χ2n) is 8.68. The number of hydrogen-bond acceptors (Lipinski definition) is 8. The molecule has 36 heavy (non-hydrogen) atoms. The third-order valence-corrected chi connectivity index (χ3v) is 6.32. The standard InChI is InChI=1S/C26H27N7O3/c1-18-24(19(2)33(30-18)20-7-4-3-5-8-20)29-23(34)10-11-31-12-14-32(15-13-31)26-21(17-27)28-25(36-26)22-9-6-16-35-22/h3-9,16H,10-15H2,1-2H3,(H,29,34). The molecule has 0 radical (unpaired) electrons. The number of nitrogens with zero attached hydrogens (tertiary/aromatic N) is 6. The van der Waals surface area contributed by atoms with E-state index in [9.17, 15) is 10.1 Å². The summed E-state index contributed by atoms with van der Waals surface area (Å²) >= 11 is 0. The summed E-state index contributed by atoms with van der Waals surface area (Å²) in [4.78, 5) is 21.2. The summed E-state index contributed by atoms with van der Waals surface area (Å²) in [5.41, 5.74) is 3.65. The Bertz CT molecular complexity index is 1380. The number of oxazole rings is 1. The molecular weight excluding hydrogens is 458 g/mol. The van der Waals surface area contributed by atoms with Crippen LogP contribution in [0.2, 0.25) is 0 Å². The van der Waals surface area contributed by atoms with Crippen molar-refractivity contribution < 1.29 is 13.6 Å². The molecular formula is C26H27N7O3. The lowest BCUT2D eigenvalue weighted by atomic mass is 10.2. The highest BCUT2D eigenvalue weighted by Crippen LogP contribution is 2.29. The van der Waals surface area contributed by atoms with E-state index in [4.69, 9.17) is 8.83 Å². The second kappa shape index (κ2) is 10.1. The van der Waals surface area contributed by atoms with E-state index < -0.39 is 0 Å². The highest BCUT2D eigenvalue weighted by Gasteiger charge is 2.25.